The van der Waals surface area contributed by atoms with Crippen molar-refractivity contribution in [2.45, 2.75) is 39.0 Å². The molecule has 2 unspecified atom stereocenters. The van der Waals surface area contributed by atoms with Crippen molar-refractivity contribution in [3.8, 4) is 17.7 Å². The van der Waals surface area contributed by atoms with E-state index in [0.29, 0.717) is 36.2 Å². The van der Waals surface area contributed by atoms with Crippen LogP contribution in [-0.4, -0.2) is 53.3 Å². The first-order valence-electron chi connectivity index (χ1n) is 9.38. The number of benzene rings is 1. The normalized spacial score (nSPS) is 13.2. The smallest absolute Gasteiger partial charge is 0.233 e. The summed E-state index contributed by atoms with van der Waals surface area (Å²) in [6.45, 7) is 6.54. The predicted octanol–water partition coefficient (Wildman–Crippen LogP) is 2.64. The molecule has 2 N–H and O–H groups in total. The van der Waals surface area contributed by atoms with Crippen molar-refractivity contribution >= 4 is 5.82 Å². The largest absolute Gasteiger partial charge is 0.489 e. The molecule has 29 heavy (non-hydrogen) atoms. The molecule has 2 rings (SSSR count). The van der Waals surface area contributed by atoms with Gasteiger partial charge in [0.05, 0.1) is 11.6 Å². The summed E-state index contributed by atoms with van der Waals surface area (Å²) < 4.78 is 11.1. The zero-order valence-electron chi connectivity index (χ0n) is 16.8. The molecule has 154 valence electrons. The summed E-state index contributed by atoms with van der Waals surface area (Å²) in [4.78, 5) is 0. The quantitative estimate of drug-likeness (QED) is 0.557. The molecule has 1 aromatic carbocycles. The summed E-state index contributed by atoms with van der Waals surface area (Å²) in [5.74, 6) is 1.28. The maximum atomic E-state index is 10.1. The molecule has 9 heteroatoms. The number of para-hydroxylation sites is 1. The van der Waals surface area contributed by atoms with Crippen LogP contribution < -0.4 is 14.8 Å². The van der Waals surface area contributed by atoms with Crippen LogP contribution in [0.1, 0.15) is 26.3 Å². The van der Waals surface area contributed by atoms with Gasteiger partial charge in [-0.15, -0.1) is 15.3 Å². The first kappa shape index (κ1) is 22.2. The number of hydrogen-bond acceptors (Lipinski definition) is 9. The maximum Gasteiger partial charge on any atom is 0.233 e. The third-order valence-electron chi connectivity index (χ3n) is 3.64. The van der Waals surface area contributed by atoms with Crippen molar-refractivity contribution in [2.24, 2.45) is 10.2 Å². The summed E-state index contributed by atoms with van der Waals surface area (Å²) in [6, 6.07) is 12.4. The minimum atomic E-state index is -0.727. The highest BCUT2D eigenvalue weighted by Crippen LogP contribution is 2.16. The molecular formula is C20H26N6O3. The van der Waals surface area contributed by atoms with Crippen LogP contribution in [0.15, 0.2) is 46.6 Å². The van der Waals surface area contributed by atoms with Crippen LogP contribution in [0.2, 0.25) is 0 Å². The van der Waals surface area contributed by atoms with Crippen LogP contribution in [0.4, 0.5) is 5.82 Å². The number of hydrogen-bond donors (Lipinski definition) is 2. The molecule has 0 amide bonds. The lowest BCUT2D eigenvalue weighted by Gasteiger charge is -2.18. The summed E-state index contributed by atoms with van der Waals surface area (Å²) in [6.07, 6.45) is -0.727. The lowest BCUT2D eigenvalue weighted by Crippen LogP contribution is -2.39. The van der Waals surface area contributed by atoms with Crippen LogP contribution in [0.25, 0.3) is 0 Å². The number of nitriles is 1. The van der Waals surface area contributed by atoms with E-state index in [-0.39, 0.29) is 18.7 Å². The molecule has 1 aromatic heterocycles. The van der Waals surface area contributed by atoms with Crippen molar-refractivity contribution in [3.63, 3.8) is 0 Å². The standard InChI is InChI=1S/C20H26N6O3/c1-14(2)23-24-19-8-9-20(26-25-19)29-12-15(3)22-11-17(27)13-28-18-7-5-4-6-16(18)10-21/h4-9,14-15,17,22,27H,11-13H2,1-3H3. The van der Waals surface area contributed by atoms with E-state index in [9.17, 15) is 5.11 Å². The zero-order chi connectivity index (χ0) is 21.1. The SMILES string of the molecule is CC(C)N=Nc1ccc(OCC(C)NCC(O)COc2ccccc2C#N)nn1. The van der Waals surface area contributed by atoms with Gasteiger partial charge in [0.1, 0.15) is 31.1 Å². The minimum Gasteiger partial charge on any atom is -0.489 e. The highest BCUT2D eigenvalue weighted by molar-refractivity contribution is 5.42. The fourth-order valence-electron chi connectivity index (χ4n) is 2.15. The van der Waals surface area contributed by atoms with E-state index >= 15 is 0 Å². The Balaban J connectivity index is 1.68. The lowest BCUT2D eigenvalue weighted by molar-refractivity contribution is 0.101. The number of aliphatic hydroxyl groups excluding tert-OH is 1. The van der Waals surface area contributed by atoms with Gasteiger partial charge in [-0.05, 0) is 39.0 Å². The Kier molecular flexibility index (Phi) is 8.95. The van der Waals surface area contributed by atoms with Crippen molar-refractivity contribution < 1.29 is 14.6 Å². The Morgan fingerprint density at radius 1 is 1.10 bits per heavy atom. The molecule has 0 spiro atoms. The Morgan fingerprint density at radius 2 is 1.90 bits per heavy atom. The van der Waals surface area contributed by atoms with E-state index in [1.165, 1.54) is 0 Å². The number of rotatable bonds is 11. The van der Waals surface area contributed by atoms with Crippen molar-refractivity contribution in [3.05, 3.63) is 42.0 Å². The van der Waals surface area contributed by atoms with E-state index < -0.39 is 6.10 Å². The third kappa shape index (κ3) is 8.21. The fourth-order valence-corrected chi connectivity index (χ4v) is 2.15. The molecule has 0 aliphatic carbocycles. The van der Waals surface area contributed by atoms with Gasteiger partial charge in [0.25, 0.3) is 0 Å². The Labute approximate surface area is 170 Å². The number of nitrogens with zero attached hydrogens (tertiary/aromatic N) is 5. The van der Waals surface area contributed by atoms with Gasteiger partial charge < -0.3 is 19.9 Å². The molecule has 0 aliphatic heterocycles. The molecular weight excluding hydrogens is 372 g/mol. The second kappa shape index (κ2) is 11.7. The summed E-state index contributed by atoms with van der Waals surface area (Å²) in [7, 11) is 0. The van der Waals surface area contributed by atoms with E-state index in [4.69, 9.17) is 14.7 Å². The van der Waals surface area contributed by atoms with Gasteiger partial charge in [-0.25, -0.2) is 0 Å². The lowest BCUT2D eigenvalue weighted by atomic mass is 10.2. The monoisotopic (exact) mass is 398 g/mol. The first-order chi connectivity index (χ1) is 14.0. The van der Waals surface area contributed by atoms with Crippen LogP contribution in [0.3, 0.4) is 0 Å². The number of aliphatic hydroxyl groups is 1. The van der Waals surface area contributed by atoms with Gasteiger partial charge >= 0.3 is 0 Å². The first-order valence-corrected chi connectivity index (χ1v) is 9.38. The highest BCUT2D eigenvalue weighted by Gasteiger charge is 2.10. The molecule has 2 aromatic rings. The summed E-state index contributed by atoms with van der Waals surface area (Å²) >= 11 is 0. The molecule has 0 saturated heterocycles. The fraction of sp³-hybridized carbons (Fsp3) is 0.450. The molecule has 9 nitrogen and oxygen atoms in total. The second-order valence-electron chi connectivity index (χ2n) is 6.73. The molecule has 2 atom stereocenters. The van der Waals surface area contributed by atoms with Crippen molar-refractivity contribution in [1.82, 2.24) is 15.5 Å². The molecule has 0 radical (unpaired) electrons. The van der Waals surface area contributed by atoms with Crippen LogP contribution in [0, 0.1) is 11.3 Å². The summed E-state index contributed by atoms with van der Waals surface area (Å²) in [5, 5.41) is 38.1. The highest BCUT2D eigenvalue weighted by atomic mass is 16.5. The van der Waals surface area contributed by atoms with Gasteiger partial charge in [0.15, 0.2) is 5.82 Å². The van der Waals surface area contributed by atoms with E-state index in [1.54, 1.807) is 36.4 Å². The second-order valence-corrected chi connectivity index (χ2v) is 6.73. The Morgan fingerprint density at radius 3 is 2.59 bits per heavy atom. The minimum absolute atomic E-state index is 0.0295. The van der Waals surface area contributed by atoms with Gasteiger partial charge in [0.2, 0.25) is 5.88 Å². The predicted molar refractivity (Wildman–Crippen MR) is 107 cm³/mol. The molecule has 0 fully saturated rings. The van der Waals surface area contributed by atoms with Crippen molar-refractivity contribution in [2.75, 3.05) is 19.8 Å². The summed E-state index contributed by atoms with van der Waals surface area (Å²) in [5.41, 5.74) is 0.437. The molecule has 1 heterocycles. The Hall–Kier alpha value is -3.09. The topological polar surface area (TPSA) is 125 Å². The van der Waals surface area contributed by atoms with Gasteiger partial charge in [-0.2, -0.15) is 10.4 Å². The average Bonchev–Trinajstić information content (AvgIpc) is 2.74. The molecule has 0 aliphatic rings. The van der Waals surface area contributed by atoms with Crippen LogP contribution in [0.5, 0.6) is 11.6 Å². The number of azo groups is 1. The van der Waals surface area contributed by atoms with Gasteiger partial charge in [-0.1, -0.05) is 12.1 Å². The van der Waals surface area contributed by atoms with Gasteiger partial charge in [0, 0.05) is 18.7 Å². The number of nitrogens with one attached hydrogen (secondary N) is 1. The average molecular weight is 398 g/mol. The van der Waals surface area contributed by atoms with E-state index in [0.717, 1.165) is 0 Å². The number of ether oxygens (including phenoxy) is 2. The molecule has 0 saturated carbocycles. The Bertz CT molecular complexity index is 820. The zero-order valence-corrected chi connectivity index (χ0v) is 16.8. The van der Waals surface area contributed by atoms with Gasteiger partial charge in [-0.3, -0.25) is 0 Å². The van der Waals surface area contributed by atoms with E-state index in [1.807, 2.05) is 20.8 Å². The number of aromatic nitrogens is 2. The van der Waals surface area contributed by atoms with Crippen LogP contribution in [-0.2, 0) is 0 Å². The van der Waals surface area contributed by atoms with Crippen LogP contribution >= 0.6 is 0 Å². The molecule has 0 bridgehead atoms. The van der Waals surface area contributed by atoms with Crippen molar-refractivity contribution in [1.29, 1.82) is 5.26 Å². The van der Waals surface area contributed by atoms with E-state index in [2.05, 4.69) is 31.8 Å². The third-order valence-corrected chi connectivity index (χ3v) is 3.64. The maximum absolute atomic E-state index is 10.1.